The van der Waals surface area contributed by atoms with E-state index in [4.69, 9.17) is 4.74 Å². The molecule has 1 aromatic rings. The van der Waals surface area contributed by atoms with Gasteiger partial charge in [0.1, 0.15) is 11.6 Å². The van der Waals surface area contributed by atoms with E-state index in [0.29, 0.717) is 5.75 Å². The van der Waals surface area contributed by atoms with Crippen molar-refractivity contribution >= 4 is 5.97 Å². The molecule has 0 N–H and O–H groups in total. The first-order valence-corrected chi connectivity index (χ1v) is 3.76. The van der Waals surface area contributed by atoms with E-state index >= 15 is 0 Å². The fourth-order valence-electron chi connectivity index (χ4n) is 0.783. The lowest BCUT2D eigenvalue weighted by Gasteiger charge is -2.05. The summed E-state index contributed by atoms with van der Waals surface area (Å²) < 4.78 is 17.4. The van der Waals surface area contributed by atoms with Gasteiger partial charge in [0.05, 0.1) is 6.61 Å². The second-order valence-corrected chi connectivity index (χ2v) is 2.42. The maximum Gasteiger partial charge on any atom is 0.123 e. The Morgan fingerprint density at radius 2 is 2.00 bits per heavy atom. The summed E-state index contributed by atoms with van der Waals surface area (Å²) in [5.74, 6) is -1.07. The topological polar surface area (TPSA) is 49.4 Å². The first-order chi connectivity index (χ1) is 6.18. The Labute approximate surface area is 74.8 Å². The molecular formula is C9H8FO3-. The number of carbonyl (C=O) groups excluding carboxylic acids is 1. The predicted octanol–water partition coefficient (Wildman–Crippen LogP) is 0.344. The molecule has 0 saturated carbocycles. The molecule has 0 aliphatic carbocycles. The molecule has 0 atom stereocenters. The van der Waals surface area contributed by atoms with Gasteiger partial charge in [0, 0.05) is 12.4 Å². The third kappa shape index (κ3) is 3.55. The quantitative estimate of drug-likeness (QED) is 0.676. The van der Waals surface area contributed by atoms with Crippen LogP contribution in [0.2, 0.25) is 0 Å². The van der Waals surface area contributed by atoms with Crippen molar-refractivity contribution in [1.29, 1.82) is 0 Å². The first kappa shape index (κ1) is 9.51. The molecule has 4 heteroatoms. The molecule has 0 radical (unpaired) electrons. The van der Waals surface area contributed by atoms with Crippen LogP contribution in [0.5, 0.6) is 5.75 Å². The summed E-state index contributed by atoms with van der Waals surface area (Å²) >= 11 is 0. The molecule has 1 aromatic carbocycles. The maximum absolute atomic E-state index is 12.4. The van der Waals surface area contributed by atoms with Gasteiger partial charge in [-0.15, -0.1) is 0 Å². The van der Waals surface area contributed by atoms with Gasteiger partial charge in [0.15, 0.2) is 0 Å². The number of halogens is 1. The molecule has 1 rings (SSSR count). The molecule has 0 aromatic heterocycles. The molecule has 0 bridgehead atoms. The number of hydrogen-bond acceptors (Lipinski definition) is 3. The van der Waals surface area contributed by atoms with Crippen molar-refractivity contribution in [3.05, 3.63) is 30.1 Å². The second-order valence-electron chi connectivity index (χ2n) is 2.42. The van der Waals surface area contributed by atoms with E-state index in [9.17, 15) is 14.3 Å². The largest absolute Gasteiger partial charge is 0.550 e. The molecule has 0 aliphatic rings. The van der Waals surface area contributed by atoms with Crippen molar-refractivity contribution in [2.75, 3.05) is 6.61 Å². The van der Waals surface area contributed by atoms with Gasteiger partial charge in [-0.25, -0.2) is 4.39 Å². The normalized spacial score (nSPS) is 9.62. The number of carbonyl (C=O) groups is 1. The molecule has 0 heterocycles. The third-order valence-electron chi connectivity index (χ3n) is 1.39. The number of carboxylic acid groups (broad SMARTS) is 1. The third-order valence-corrected chi connectivity index (χ3v) is 1.39. The molecule has 0 aliphatic heterocycles. The first-order valence-electron chi connectivity index (χ1n) is 3.76. The summed E-state index contributed by atoms with van der Waals surface area (Å²) in [5.41, 5.74) is 0. The Bertz CT molecular complexity index is 281. The Morgan fingerprint density at radius 1 is 1.38 bits per heavy atom. The van der Waals surface area contributed by atoms with Gasteiger partial charge in [-0.05, 0) is 24.3 Å². The van der Waals surface area contributed by atoms with Crippen molar-refractivity contribution in [2.45, 2.75) is 6.42 Å². The van der Waals surface area contributed by atoms with Gasteiger partial charge in [0.2, 0.25) is 0 Å². The average molecular weight is 183 g/mol. The number of benzene rings is 1. The molecule has 70 valence electrons. The summed E-state index contributed by atoms with van der Waals surface area (Å²) in [4.78, 5) is 9.99. The standard InChI is InChI=1S/C9H9FO3/c10-7-1-3-8(4-2-7)13-6-5-9(11)12/h1-4H,5-6H2,(H,11,12)/p-1. The van der Waals surface area contributed by atoms with E-state index in [1.807, 2.05) is 0 Å². The molecule has 3 nitrogen and oxygen atoms in total. The molecule has 0 saturated heterocycles. The van der Waals surface area contributed by atoms with Crippen LogP contribution in [0.1, 0.15) is 6.42 Å². The van der Waals surface area contributed by atoms with Crippen LogP contribution in [-0.2, 0) is 4.79 Å². The zero-order valence-electron chi connectivity index (χ0n) is 6.83. The number of aliphatic carboxylic acids is 1. The fraction of sp³-hybridized carbons (Fsp3) is 0.222. The SMILES string of the molecule is O=C([O-])CCOc1ccc(F)cc1. The lowest BCUT2D eigenvalue weighted by Crippen LogP contribution is -2.24. The van der Waals surface area contributed by atoms with Crippen molar-refractivity contribution in [3.8, 4) is 5.75 Å². The highest BCUT2D eigenvalue weighted by molar-refractivity contribution is 5.64. The Kier molecular flexibility index (Phi) is 3.25. The van der Waals surface area contributed by atoms with Gasteiger partial charge in [-0.3, -0.25) is 0 Å². The van der Waals surface area contributed by atoms with Crippen molar-refractivity contribution in [1.82, 2.24) is 0 Å². The zero-order valence-corrected chi connectivity index (χ0v) is 6.83. The smallest absolute Gasteiger partial charge is 0.123 e. The van der Waals surface area contributed by atoms with E-state index < -0.39 is 5.97 Å². The molecular weight excluding hydrogens is 175 g/mol. The van der Waals surface area contributed by atoms with E-state index in [-0.39, 0.29) is 18.8 Å². The maximum atomic E-state index is 12.4. The number of rotatable bonds is 4. The molecule has 0 amide bonds. The van der Waals surface area contributed by atoms with Crippen molar-refractivity contribution in [2.24, 2.45) is 0 Å². The van der Waals surface area contributed by atoms with Crippen LogP contribution in [0.15, 0.2) is 24.3 Å². The van der Waals surface area contributed by atoms with Crippen LogP contribution in [0.3, 0.4) is 0 Å². The van der Waals surface area contributed by atoms with E-state index in [1.54, 1.807) is 0 Å². The van der Waals surface area contributed by atoms with Crippen LogP contribution in [0, 0.1) is 5.82 Å². The Hall–Kier alpha value is -1.58. The van der Waals surface area contributed by atoms with E-state index in [2.05, 4.69) is 0 Å². The average Bonchev–Trinajstić information content (AvgIpc) is 2.08. The lowest BCUT2D eigenvalue weighted by molar-refractivity contribution is -0.306. The minimum absolute atomic E-state index is 0.0357. The summed E-state index contributed by atoms with van der Waals surface area (Å²) in [6.45, 7) is 0.0357. The minimum atomic E-state index is -1.16. The molecule has 0 unspecified atom stereocenters. The Balaban J connectivity index is 2.37. The molecule has 0 spiro atoms. The highest BCUT2D eigenvalue weighted by atomic mass is 19.1. The highest BCUT2D eigenvalue weighted by Gasteiger charge is 1.94. The monoisotopic (exact) mass is 183 g/mol. The summed E-state index contributed by atoms with van der Waals surface area (Å²) in [6.07, 6.45) is -0.169. The van der Waals surface area contributed by atoms with Gasteiger partial charge < -0.3 is 14.6 Å². The fourth-order valence-corrected chi connectivity index (χ4v) is 0.783. The van der Waals surface area contributed by atoms with Gasteiger partial charge >= 0.3 is 0 Å². The zero-order chi connectivity index (χ0) is 9.68. The van der Waals surface area contributed by atoms with Crippen LogP contribution >= 0.6 is 0 Å². The summed E-state index contributed by atoms with van der Waals surface area (Å²) in [7, 11) is 0. The highest BCUT2D eigenvalue weighted by Crippen LogP contribution is 2.10. The molecule has 0 fully saturated rings. The minimum Gasteiger partial charge on any atom is -0.550 e. The Morgan fingerprint density at radius 3 is 2.54 bits per heavy atom. The van der Waals surface area contributed by atoms with Gasteiger partial charge in [-0.1, -0.05) is 0 Å². The second kappa shape index (κ2) is 4.45. The van der Waals surface area contributed by atoms with Gasteiger partial charge in [-0.2, -0.15) is 0 Å². The number of hydrogen-bond donors (Lipinski definition) is 0. The van der Waals surface area contributed by atoms with Crippen LogP contribution in [0.4, 0.5) is 4.39 Å². The lowest BCUT2D eigenvalue weighted by atomic mass is 10.3. The van der Waals surface area contributed by atoms with Crippen molar-refractivity contribution in [3.63, 3.8) is 0 Å². The number of ether oxygens (including phenoxy) is 1. The van der Waals surface area contributed by atoms with Gasteiger partial charge in [0.25, 0.3) is 0 Å². The van der Waals surface area contributed by atoms with Crippen LogP contribution in [-0.4, -0.2) is 12.6 Å². The summed E-state index contributed by atoms with van der Waals surface area (Å²) in [5, 5.41) is 9.99. The summed E-state index contributed by atoms with van der Waals surface area (Å²) in [6, 6.07) is 5.36. The van der Waals surface area contributed by atoms with Crippen molar-refractivity contribution < 1.29 is 19.0 Å². The predicted molar refractivity (Wildman–Crippen MR) is 41.5 cm³/mol. The number of carboxylic acids is 1. The molecule has 13 heavy (non-hydrogen) atoms. The van der Waals surface area contributed by atoms with Crippen LogP contribution < -0.4 is 9.84 Å². The van der Waals surface area contributed by atoms with Crippen LogP contribution in [0.25, 0.3) is 0 Å². The van der Waals surface area contributed by atoms with E-state index in [0.717, 1.165) is 0 Å². The van der Waals surface area contributed by atoms with E-state index in [1.165, 1.54) is 24.3 Å².